The van der Waals surface area contributed by atoms with E-state index in [1.165, 1.54) is 0 Å². The molecule has 0 aliphatic carbocycles. The van der Waals surface area contributed by atoms with Gasteiger partial charge in [0.25, 0.3) is 0 Å². The fourth-order valence-corrected chi connectivity index (χ4v) is 5.11. The molecular formula is C39H25N3O. The summed E-state index contributed by atoms with van der Waals surface area (Å²) >= 11 is 0. The Morgan fingerprint density at radius 1 is 0.442 bits per heavy atom. The lowest BCUT2D eigenvalue weighted by Crippen LogP contribution is -2.00. The molecule has 0 aliphatic heterocycles. The van der Waals surface area contributed by atoms with Crippen molar-refractivity contribution in [2.24, 2.45) is 0 Å². The minimum absolute atomic E-state index is 0.0247. The molecule has 0 saturated heterocycles. The number of hydrogen-bond acceptors (Lipinski definition) is 4. The van der Waals surface area contributed by atoms with Crippen LogP contribution in [0.1, 0.15) is 8.22 Å². The lowest BCUT2D eigenvalue weighted by Gasteiger charge is -2.09. The summed E-state index contributed by atoms with van der Waals surface area (Å²) in [4.78, 5) is 14.2. The molecule has 8 rings (SSSR count). The van der Waals surface area contributed by atoms with E-state index in [4.69, 9.17) is 26.2 Å². The highest BCUT2D eigenvalue weighted by atomic mass is 16.3. The van der Waals surface area contributed by atoms with Crippen molar-refractivity contribution in [1.82, 2.24) is 15.0 Å². The van der Waals surface area contributed by atoms with Gasteiger partial charge in [0, 0.05) is 33.0 Å². The van der Waals surface area contributed by atoms with Gasteiger partial charge in [0.05, 0.1) is 8.22 Å². The number of para-hydroxylation sites is 1. The van der Waals surface area contributed by atoms with Crippen LogP contribution in [-0.4, -0.2) is 15.0 Å². The SMILES string of the molecule is [2H]c1c([2H])c([2H])c2c(oc3c([2H])c(-c4nc(-c5ccccc5)nc(-c5ccc(-c6ccccc6)cc5)n4)c([2H])c([2H])c32)c1-c1ccccc1. The molecule has 0 atom stereocenters. The summed E-state index contributed by atoms with van der Waals surface area (Å²) in [5.74, 6) is 0.690. The summed E-state index contributed by atoms with van der Waals surface area (Å²) in [5.41, 5.74) is 4.43. The second kappa shape index (κ2) is 10.5. The van der Waals surface area contributed by atoms with Gasteiger partial charge >= 0.3 is 0 Å². The summed E-state index contributed by atoms with van der Waals surface area (Å²) in [5, 5.41) is 0.187. The van der Waals surface area contributed by atoms with Crippen molar-refractivity contribution in [3.05, 3.63) is 152 Å². The summed E-state index contributed by atoms with van der Waals surface area (Å²) in [6.45, 7) is 0. The van der Waals surface area contributed by atoms with Crippen LogP contribution in [0.2, 0.25) is 0 Å². The van der Waals surface area contributed by atoms with E-state index in [2.05, 4.69) is 0 Å². The molecule has 0 saturated carbocycles. The van der Waals surface area contributed by atoms with Crippen molar-refractivity contribution < 1.29 is 12.6 Å². The van der Waals surface area contributed by atoms with Crippen molar-refractivity contribution in [2.75, 3.05) is 0 Å². The Balaban J connectivity index is 1.38. The highest BCUT2D eigenvalue weighted by Crippen LogP contribution is 2.37. The van der Waals surface area contributed by atoms with Gasteiger partial charge in [0.15, 0.2) is 17.5 Å². The van der Waals surface area contributed by atoms with Crippen LogP contribution in [0.25, 0.3) is 78.4 Å². The molecule has 6 aromatic carbocycles. The zero-order valence-corrected chi connectivity index (χ0v) is 22.7. The largest absolute Gasteiger partial charge is 0.455 e. The molecule has 43 heavy (non-hydrogen) atoms. The van der Waals surface area contributed by atoms with Gasteiger partial charge in [-0.15, -0.1) is 0 Å². The predicted octanol–water partition coefficient (Wildman–Crippen LogP) is 10.1. The van der Waals surface area contributed by atoms with Gasteiger partial charge in [-0.3, -0.25) is 0 Å². The first-order chi connectivity index (χ1) is 23.8. The number of aromatic nitrogens is 3. The lowest BCUT2D eigenvalue weighted by atomic mass is 10.0. The maximum Gasteiger partial charge on any atom is 0.164 e. The van der Waals surface area contributed by atoms with Crippen molar-refractivity contribution in [3.63, 3.8) is 0 Å². The summed E-state index contributed by atoms with van der Waals surface area (Å²) < 4.78 is 59.9. The van der Waals surface area contributed by atoms with Crippen LogP contribution in [0.5, 0.6) is 0 Å². The van der Waals surface area contributed by atoms with Crippen molar-refractivity contribution in [1.29, 1.82) is 0 Å². The number of furan rings is 1. The third kappa shape index (κ3) is 4.65. The number of benzene rings is 6. The normalized spacial score (nSPS) is 13.2. The zero-order valence-electron chi connectivity index (χ0n) is 28.7. The smallest absolute Gasteiger partial charge is 0.164 e. The highest BCUT2D eigenvalue weighted by molar-refractivity contribution is 6.10. The first-order valence-electron chi connectivity index (χ1n) is 16.8. The van der Waals surface area contributed by atoms with Gasteiger partial charge in [-0.1, -0.05) is 139 Å². The molecule has 0 amide bonds. The zero-order chi connectivity index (χ0) is 33.8. The summed E-state index contributed by atoms with van der Waals surface area (Å²) in [7, 11) is 0. The number of fused-ring (bicyclic) bond motifs is 3. The maximum atomic E-state index is 9.32. The molecule has 4 nitrogen and oxygen atoms in total. The van der Waals surface area contributed by atoms with E-state index >= 15 is 0 Å². The predicted molar refractivity (Wildman–Crippen MR) is 174 cm³/mol. The van der Waals surface area contributed by atoms with E-state index in [-0.39, 0.29) is 75.1 Å². The average molecular weight is 558 g/mol. The van der Waals surface area contributed by atoms with E-state index < -0.39 is 0 Å². The van der Waals surface area contributed by atoms with Gasteiger partial charge in [-0.05, 0) is 28.8 Å². The van der Waals surface area contributed by atoms with E-state index in [1.807, 2.05) is 91.0 Å². The van der Waals surface area contributed by atoms with E-state index in [0.29, 0.717) is 28.3 Å². The number of rotatable bonds is 5. The van der Waals surface area contributed by atoms with Crippen LogP contribution < -0.4 is 0 Å². The Bertz CT molecular complexity index is 2540. The number of nitrogens with zero attached hydrogens (tertiary/aromatic N) is 3. The third-order valence-corrected chi connectivity index (χ3v) is 7.27. The maximum absolute atomic E-state index is 9.32. The van der Waals surface area contributed by atoms with Crippen LogP contribution in [0.15, 0.2) is 156 Å². The monoisotopic (exact) mass is 557 g/mol. The minimum atomic E-state index is -0.330. The molecule has 2 heterocycles. The first kappa shape index (κ1) is 19.3. The van der Waals surface area contributed by atoms with E-state index in [1.54, 1.807) is 24.3 Å². The van der Waals surface area contributed by atoms with Crippen LogP contribution in [0.3, 0.4) is 0 Å². The highest BCUT2D eigenvalue weighted by Gasteiger charge is 2.16. The van der Waals surface area contributed by atoms with Crippen LogP contribution in [0.4, 0.5) is 0 Å². The van der Waals surface area contributed by atoms with Gasteiger partial charge < -0.3 is 4.42 Å². The van der Waals surface area contributed by atoms with Crippen LogP contribution in [-0.2, 0) is 0 Å². The standard InChI is InChI=1S/C39H25N3O/c1-4-11-26(12-5-1)27-19-21-30(22-20-27)38-40-37(29-15-8-3-9-16-29)41-39(42-38)31-23-24-33-34-18-10-17-32(28-13-6-2-7-14-28)36(34)43-35(33)25-31/h1-25H/i10D,17D,18D,23D,24D,25D. The van der Waals surface area contributed by atoms with Gasteiger partial charge in [0.2, 0.25) is 0 Å². The molecule has 2 aromatic heterocycles. The first-order valence-corrected chi connectivity index (χ1v) is 13.8. The number of hydrogen-bond donors (Lipinski definition) is 0. The van der Waals surface area contributed by atoms with Crippen molar-refractivity contribution in [3.8, 4) is 56.4 Å². The summed E-state index contributed by atoms with van der Waals surface area (Å²) in [6, 6.07) is 34.4. The molecule has 4 heteroatoms. The fraction of sp³-hybridized carbons (Fsp3) is 0. The fourth-order valence-electron chi connectivity index (χ4n) is 5.11. The summed E-state index contributed by atoms with van der Waals surface area (Å²) in [6.07, 6.45) is 0. The molecule has 0 unspecified atom stereocenters. The average Bonchev–Trinajstić information content (AvgIpc) is 3.55. The Morgan fingerprint density at radius 2 is 0.953 bits per heavy atom. The minimum Gasteiger partial charge on any atom is -0.455 e. The van der Waals surface area contributed by atoms with Crippen molar-refractivity contribution >= 4 is 21.9 Å². The third-order valence-electron chi connectivity index (χ3n) is 7.27. The Hall–Kier alpha value is -5.87. The van der Waals surface area contributed by atoms with E-state index in [0.717, 1.165) is 11.1 Å². The molecule has 0 radical (unpaired) electrons. The molecule has 0 fully saturated rings. The molecule has 0 bridgehead atoms. The van der Waals surface area contributed by atoms with Gasteiger partial charge in [0.1, 0.15) is 11.2 Å². The van der Waals surface area contributed by atoms with E-state index in [9.17, 15) is 1.37 Å². The van der Waals surface area contributed by atoms with Crippen molar-refractivity contribution in [2.45, 2.75) is 0 Å². The Labute approximate surface area is 257 Å². The quantitative estimate of drug-likeness (QED) is 0.211. The van der Waals surface area contributed by atoms with Crippen LogP contribution in [0, 0.1) is 0 Å². The molecule has 0 spiro atoms. The topological polar surface area (TPSA) is 51.8 Å². The van der Waals surface area contributed by atoms with Crippen LogP contribution >= 0.6 is 0 Å². The second-order valence-electron chi connectivity index (χ2n) is 9.99. The molecule has 0 aliphatic rings. The second-order valence-corrected chi connectivity index (χ2v) is 9.99. The molecule has 0 N–H and O–H groups in total. The molecular weight excluding hydrogens is 526 g/mol. The molecule has 202 valence electrons. The van der Waals surface area contributed by atoms with Gasteiger partial charge in [-0.25, -0.2) is 15.0 Å². The lowest BCUT2D eigenvalue weighted by molar-refractivity contribution is 0.670. The van der Waals surface area contributed by atoms with Gasteiger partial charge in [-0.2, -0.15) is 0 Å². The Kier molecular flexibility index (Phi) is 4.71. The Morgan fingerprint density at radius 3 is 1.60 bits per heavy atom. The molecule has 8 aromatic rings.